The Hall–Kier alpha value is -2.00. The van der Waals surface area contributed by atoms with E-state index >= 15 is 0 Å². The van der Waals surface area contributed by atoms with Crippen LogP contribution in [0.3, 0.4) is 0 Å². The molecule has 1 fully saturated rings. The molecule has 9 heteroatoms. The van der Waals surface area contributed by atoms with Crippen molar-refractivity contribution in [2.75, 3.05) is 19.6 Å². The molecule has 2 aromatic heterocycles. The number of hydrogen-bond acceptors (Lipinski definition) is 6. The van der Waals surface area contributed by atoms with Gasteiger partial charge >= 0.3 is 6.18 Å². The molecule has 6 nitrogen and oxygen atoms in total. The van der Waals surface area contributed by atoms with E-state index in [-0.39, 0.29) is 24.5 Å². The van der Waals surface area contributed by atoms with Gasteiger partial charge in [0.15, 0.2) is 0 Å². The molecule has 1 N–H and O–H groups in total. The zero-order chi connectivity index (χ0) is 20.1. The number of likely N-dealkylation sites (tertiary alicyclic amines) is 1. The van der Waals surface area contributed by atoms with Crippen LogP contribution >= 0.6 is 0 Å². The number of halogens is 3. The van der Waals surface area contributed by atoms with Crippen LogP contribution in [0.25, 0.3) is 11.4 Å². The van der Waals surface area contributed by atoms with Gasteiger partial charge in [0.2, 0.25) is 11.7 Å². The number of alkyl halides is 3. The Bertz CT molecular complexity index is 727. The number of rotatable bonds is 7. The first kappa shape index (κ1) is 20.7. The van der Waals surface area contributed by atoms with Crippen molar-refractivity contribution in [3.8, 4) is 11.4 Å². The van der Waals surface area contributed by atoms with E-state index in [0.717, 1.165) is 18.4 Å². The molecule has 0 aromatic carbocycles. The molecule has 1 saturated heterocycles. The summed E-state index contributed by atoms with van der Waals surface area (Å²) in [5, 5.41) is 7.63. The second kappa shape index (κ2) is 9.00. The predicted octanol–water partition coefficient (Wildman–Crippen LogP) is 3.84. The van der Waals surface area contributed by atoms with Gasteiger partial charge in [-0.05, 0) is 44.0 Å². The molecule has 154 valence electrons. The lowest BCUT2D eigenvalue weighted by molar-refractivity contribution is -0.138. The van der Waals surface area contributed by atoms with Gasteiger partial charge in [-0.2, -0.15) is 18.2 Å². The average Bonchev–Trinajstić information content (AvgIpc) is 3.15. The minimum atomic E-state index is -4.10. The smallest absolute Gasteiger partial charge is 0.337 e. The zero-order valence-electron chi connectivity index (χ0n) is 16.1. The first-order valence-electron chi connectivity index (χ1n) is 9.61. The summed E-state index contributed by atoms with van der Waals surface area (Å²) in [5.74, 6) is 1.25. The van der Waals surface area contributed by atoms with E-state index < -0.39 is 12.6 Å². The first-order chi connectivity index (χ1) is 13.3. The second-order valence-corrected chi connectivity index (χ2v) is 7.57. The maximum absolute atomic E-state index is 12.4. The molecule has 3 heterocycles. The fraction of sp³-hybridized carbons (Fsp3) is 0.632. The number of aromatic nitrogens is 3. The molecule has 0 amide bonds. The minimum absolute atomic E-state index is 0.0714. The van der Waals surface area contributed by atoms with Crippen LogP contribution in [0.5, 0.6) is 0 Å². The monoisotopic (exact) mass is 397 g/mol. The predicted molar refractivity (Wildman–Crippen MR) is 98.4 cm³/mol. The van der Waals surface area contributed by atoms with Crippen molar-refractivity contribution in [2.24, 2.45) is 5.92 Å². The van der Waals surface area contributed by atoms with E-state index in [2.05, 4.69) is 34.3 Å². The summed E-state index contributed by atoms with van der Waals surface area (Å²) in [4.78, 5) is 10.5. The number of nitrogens with one attached hydrogen (secondary N) is 1. The van der Waals surface area contributed by atoms with Crippen LogP contribution in [0.1, 0.15) is 45.0 Å². The topological polar surface area (TPSA) is 67.1 Å². The Morgan fingerprint density at radius 2 is 2.04 bits per heavy atom. The number of piperidine rings is 1. The number of hydrogen-bond donors (Lipinski definition) is 1. The fourth-order valence-corrected chi connectivity index (χ4v) is 3.38. The summed E-state index contributed by atoms with van der Waals surface area (Å²) >= 11 is 0. The largest absolute Gasteiger partial charge is 0.390 e. The third kappa shape index (κ3) is 5.75. The van der Waals surface area contributed by atoms with Crippen LogP contribution in [0.4, 0.5) is 13.2 Å². The van der Waals surface area contributed by atoms with Gasteiger partial charge in [0.1, 0.15) is 0 Å². The average molecular weight is 397 g/mol. The number of pyridine rings is 1. The summed E-state index contributed by atoms with van der Waals surface area (Å²) in [5.41, 5.74) is 0.790. The second-order valence-electron chi connectivity index (χ2n) is 7.57. The van der Waals surface area contributed by atoms with Crippen molar-refractivity contribution in [3.05, 3.63) is 30.4 Å². The highest BCUT2D eigenvalue weighted by atomic mass is 19.4. The maximum Gasteiger partial charge on any atom is 0.390 e. The standard InChI is InChI=1S/C19H26F3N5O/c1-13(2)16(18-25-17(26-28-18)14-4-3-8-23-12-14)24-15-5-9-27(10-6-15)11-7-19(20,21)22/h3-4,8,12-13,15-16,24H,5-7,9-11H2,1-2H3. The molecular formula is C19H26F3N5O. The van der Waals surface area contributed by atoms with Crippen LogP contribution in [-0.2, 0) is 0 Å². The summed E-state index contributed by atoms with van der Waals surface area (Å²) in [6.07, 6.45) is 0.114. The van der Waals surface area contributed by atoms with Crippen LogP contribution in [0.2, 0.25) is 0 Å². The van der Waals surface area contributed by atoms with Crippen LogP contribution < -0.4 is 5.32 Å². The normalized spacial score (nSPS) is 17.9. The van der Waals surface area contributed by atoms with Crippen LogP contribution in [-0.4, -0.2) is 51.9 Å². The third-order valence-corrected chi connectivity index (χ3v) is 5.01. The van der Waals surface area contributed by atoms with Gasteiger partial charge < -0.3 is 14.7 Å². The summed E-state index contributed by atoms with van der Waals surface area (Å²) in [6, 6.07) is 3.79. The molecule has 0 saturated carbocycles. The third-order valence-electron chi connectivity index (χ3n) is 5.01. The van der Waals surface area contributed by atoms with Gasteiger partial charge in [-0.15, -0.1) is 0 Å². The van der Waals surface area contributed by atoms with E-state index in [1.54, 1.807) is 12.4 Å². The first-order valence-corrected chi connectivity index (χ1v) is 9.61. The Morgan fingerprint density at radius 3 is 2.64 bits per heavy atom. The highest BCUT2D eigenvalue weighted by Crippen LogP contribution is 2.26. The molecule has 0 aliphatic carbocycles. The molecule has 0 radical (unpaired) electrons. The molecule has 0 bridgehead atoms. The molecule has 3 rings (SSSR count). The fourth-order valence-electron chi connectivity index (χ4n) is 3.38. The van der Waals surface area contributed by atoms with Crippen molar-refractivity contribution < 1.29 is 17.7 Å². The highest BCUT2D eigenvalue weighted by Gasteiger charge is 2.31. The molecular weight excluding hydrogens is 371 g/mol. The van der Waals surface area contributed by atoms with Crippen LogP contribution in [0, 0.1) is 5.92 Å². The lowest BCUT2D eigenvalue weighted by atomic mass is 9.99. The van der Waals surface area contributed by atoms with Crippen molar-refractivity contribution in [1.29, 1.82) is 0 Å². The van der Waals surface area contributed by atoms with Crippen molar-refractivity contribution in [3.63, 3.8) is 0 Å². The quantitative estimate of drug-likeness (QED) is 0.766. The Labute approximate surface area is 162 Å². The molecule has 1 unspecified atom stereocenters. The molecule has 0 spiro atoms. The van der Waals surface area contributed by atoms with E-state index in [1.165, 1.54) is 0 Å². The van der Waals surface area contributed by atoms with Crippen molar-refractivity contribution in [1.82, 2.24) is 25.3 Å². The lowest BCUT2D eigenvalue weighted by Gasteiger charge is -2.34. The lowest BCUT2D eigenvalue weighted by Crippen LogP contribution is -2.45. The van der Waals surface area contributed by atoms with Gasteiger partial charge in [0, 0.05) is 30.5 Å². The summed E-state index contributed by atoms with van der Waals surface area (Å²) in [6.45, 7) is 5.53. The Kier molecular flexibility index (Phi) is 6.66. The van der Waals surface area contributed by atoms with Gasteiger partial charge in [-0.1, -0.05) is 19.0 Å². The Morgan fingerprint density at radius 1 is 1.29 bits per heavy atom. The van der Waals surface area contributed by atoms with E-state index in [1.807, 2.05) is 17.0 Å². The van der Waals surface area contributed by atoms with Crippen molar-refractivity contribution in [2.45, 2.75) is 51.4 Å². The molecule has 1 atom stereocenters. The summed E-state index contributed by atoms with van der Waals surface area (Å²) in [7, 11) is 0. The van der Waals surface area contributed by atoms with Crippen LogP contribution in [0.15, 0.2) is 29.0 Å². The molecule has 1 aliphatic heterocycles. The molecule has 2 aromatic rings. The SMILES string of the molecule is CC(C)C(NC1CCN(CCC(F)(F)F)CC1)c1nc(-c2cccnc2)no1. The molecule has 28 heavy (non-hydrogen) atoms. The van der Waals surface area contributed by atoms with Crippen molar-refractivity contribution >= 4 is 0 Å². The van der Waals surface area contributed by atoms with Gasteiger partial charge in [0.25, 0.3) is 0 Å². The zero-order valence-corrected chi connectivity index (χ0v) is 16.1. The van der Waals surface area contributed by atoms with E-state index in [4.69, 9.17) is 4.52 Å². The van der Waals surface area contributed by atoms with E-state index in [9.17, 15) is 13.2 Å². The van der Waals surface area contributed by atoms with Gasteiger partial charge in [0.05, 0.1) is 12.5 Å². The maximum atomic E-state index is 12.4. The highest BCUT2D eigenvalue weighted by molar-refractivity contribution is 5.51. The van der Waals surface area contributed by atoms with Gasteiger partial charge in [-0.25, -0.2) is 0 Å². The Balaban J connectivity index is 1.57. The summed E-state index contributed by atoms with van der Waals surface area (Å²) < 4.78 is 42.7. The van der Waals surface area contributed by atoms with E-state index in [0.29, 0.717) is 24.8 Å². The minimum Gasteiger partial charge on any atom is -0.337 e. The number of nitrogens with zero attached hydrogens (tertiary/aromatic N) is 4. The molecule has 1 aliphatic rings. The van der Waals surface area contributed by atoms with Gasteiger partial charge in [-0.3, -0.25) is 4.98 Å².